The molecule has 0 bridgehead atoms. The number of nitrogens with one attached hydrogen (secondary N) is 1. The van der Waals surface area contributed by atoms with Crippen LogP contribution in [-0.2, 0) is 19.1 Å². The van der Waals surface area contributed by atoms with Gasteiger partial charge in [0.2, 0.25) is 5.91 Å². The monoisotopic (exact) mass is 373 g/mol. The number of ether oxygens (including phenoxy) is 1. The SMILES string of the molecule is CC=CC=CC(=O)NC(C(=O)OC(C)C(C)C(=O)O)C(C)c1ccccc1. The minimum absolute atomic E-state index is 0.356. The highest BCUT2D eigenvalue weighted by Crippen LogP contribution is 2.21. The molecular formula is C21H27NO5. The highest BCUT2D eigenvalue weighted by Gasteiger charge is 2.32. The number of carboxylic acids is 1. The molecule has 0 aromatic heterocycles. The molecule has 1 aromatic carbocycles. The Kier molecular flexibility index (Phi) is 8.99. The lowest BCUT2D eigenvalue weighted by Crippen LogP contribution is -2.46. The van der Waals surface area contributed by atoms with Crippen molar-refractivity contribution in [3.63, 3.8) is 0 Å². The maximum absolute atomic E-state index is 12.7. The van der Waals surface area contributed by atoms with Gasteiger partial charge in [0.15, 0.2) is 0 Å². The molecule has 0 aliphatic heterocycles. The molecule has 6 nitrogen and oxygen atoms in total. The zero-order valence-electron chi connectivity index (χ0n) is 16.1. The van der Waals surface area contributed by atoms with Crippen molar-refractivity contribution < 1.29 is 24.2 Å². The lowest BCUT2D eigenvalue weighted by Gasteiger charge is -2.26. The summed E-state index contributed by atoms with van der Waals surface area (Å²) in [5.41, 5.74) is 0.858. The fraction of sp³-hybridized carbons (Fsp3) is 0.381. The normalized spacial score (nSPS) is 15.9. The number of hydrogen-bond acceptors (Lipinski definition) is 4. The largest absolute Gasteiger partial charge is 0.481 e. The molecule has 0 aliphatic carbocycles. The molecule has 146 valence electrons. The van der Waals surface area contributed by atoms with Crippen LogP contribution in [0.3, 0.4) is 0 Å². The quantitative estimate of drug-likeness (QED) is 0.394. The van der Waals surface area contributed by atoms with E-state index in [4.69, 9.17) is 9.84 Å². The minimum Gasteiger partial charge on any atom is -0.481 e. The molecule has 2 N–H and O–H groups in total. The van der Waals surface area contributed by atoms with Crippen molar-refractivity contribution >= 4 is 17.8 Å². The van der Waals surface area contributed by atoms with Crippen LogP contribution in [0.2, 0.25) is 0 Å². The molecule has 0 saturated heterocycles. The molecule has 0 spiro atoms. The average Bonchev–Trinajstić information content (AvgIpc) is 2.65. The Morgan fingerprint density at radius 2 is 1.70 bits per heavy atom. The molecule has 1 aromatic rings. The van der Waals surface area contributed by atoms with Gasteiger partial charge in [-0.15, -0.1) is 0 Å². The van der Waals surface area contributed by atoms with Crippen molar-refractivity contribution in [1.29, 1.82) is 0 Å². The lowest BCUT2D eigenvalue weighted by molar-refractivity contribution is -0.159. The van der Waals surface area contributed by atoms with Gasteiger partial charge in [-0.25, -0.2) is 4.79 Å². The van der Waals surface area contributed by atoms with Crippen LogP contribution in [0.1, 0.15) is 39.2 Å². The van der Waals surface area contributed by atoms with Gasteiger partial charge < -0.3 is 15.2 Å². The summed E-state index contributed by atoms with van der Waals surface area (Å²) in [4.78, 5) is 36.0. The van der Waals surface area contributed by atoms with E-state index in [-0.39, 0.29) is 5.92 Å². The number of amides is 1. The first kappa shape index (κ1) is 22.2. The van der Waals surface area contributed by atoms with Crippen molar-refractivity contribution in [3.05, 3.63) is 60.2 Å². The first-order chi connectivity index (χ1) is 12.8. The van der Waals surface area contributed by atoms with E-state index in [0.29, 0.717) is 0 Å². The van der Waals surface area contributed by atoms with Crippen LogP contribution in [0.5, 0.6) is 0 Å². The number of carbonyl (C=O) groups excluding carboxylic acids is 2. The third-order valence-electron chi connectivity index (χ3n) is 4.32. The number of carboxylic acid groups (broad SMARTS) is 1. The van der Waals surface area contributed by atoms with Crippen LogP contribution < -0.4 is 5.32 Å². The number of aliphatic carboxylic acids is 1. The van der Waals surface area contributed by atoms with E-state index in [2.05, 4.69) is 5.32 Å². The Morgan fingerprint density at radius 1 is 1.07 bits per heavy atom. The minimum atomic E-state index is -1.05. The molecule has 0 radical (unpaired) electrons. The van der Waals surface area contributed by atoms with E-state index in [1.54, 1.807) is 18.2 Å². The molecule has 27 heavy (non-hydrogen) atoms. The molecule has 6 heteroatoms. The number of rotatable bonds is 9. The van der Waals surface area contributed by atoms with E-state index in [1.807, 2.05) is 44.2 Å². The van der Waals surface area contributed by atoms with Crippen LogP contribution in [0.15, 0.2) is 54.6 Å². The number of esters is 1. The summed E-state index contributed by atoms with van der Waals surface area (Å²) in [5.74, 6) is -3.37. The molecule has 0 fully saturated rings. The van der Waals surface area contributed by atoms with Gasteiger partial charge in [0, 0.05) is 12.0 Å². The van der Waals surface area contributed by atoms with Crippen LogP contribution in [0.25, 0.3) is 0 Å². The highest BCUT2D eigenvalue weighted by molar-refractivity contribution is 5.92. The van der Waals surface area contributed by atoms with Gasteiger partial charge in [-0.05, 0) is 26.3 Å². The Hall–Kier alpha value is -2.89. The fourth-order valence-electron chi connectivity index (χ4n) is 2.35. The molecule has 0 saturated carbocycles. The summed E-state index contributed by atoms with van der Waals surface area (Å²) in [6, 6.07) is 8.32. The lowest BCUT2D eigenvalue weighted by atomic mass is 9.93. The number of benzene rings is 1. The van der Waals surface area contributed by atoms with Gasteiger partial charge in [0.05, 0.1) is 5.92 Å². The fourth-order valence-corrected chi connectivity index (χ4v) is 2.35. The van der Waals surface area contributed by atoms with E-state index < -0.39 is 35.9 Å². The summed E-state index contributed by atoms with van der Waals surface area (Å²) in [7, 11) is 0. The molecular weight excluding hydrogens is 346 g/mol. The van der Waals surface area contributed by atoms with Crippen molar-refractivity contribution in [2.75, 3.05) is 0 Å². The maximum atomic E-state index is 12.7. The van der Waals surface area contributed by atoms with Gasteiger partial charge in [-0.2, -0.15) is 0 Å². The van der Waals surface area contributed by atoms with Crippen LogP contribution in [-0.4, -0.2) is 35.1 Å². The van der Waals surface area contributed by atoms with E-state index >= 15 is 0 Å². The molecule has 0 aliphatic rings. The second-order valence-electron chi connectivity index (χ2n) is 6.34. The Bertz CT molecular complexity index is 696. The van der Waals surface area contributed by atoms with Crippen LogP contribution >= 0.6 is 0 Å². The molecule has 4 unspecified atom stereocenters. The first-order valence-corrected chi connectivity index (χ1v) is 8.86. The van der Waals surface area contributed by atoms with E-state index in [9.17, 15) is 14.4 Å². The second kappa shape index (κ2) is 11.0. The number of carbonyl (C=O) groups is 3. The van der Waals surface area contributed by atoms with Crippen molar-refractivity contribution in [2.45, 2.75) is 45.8 Å². The summed E-state index contributed by atoms with van der Waals surface area (Å²) in [6.07, 6.45) is 5.54. The summed E-state index contributed by atoms with van der Waals surface area (Å²) in [5, 5.41) is 11.7. The predicted octanol–water partition coefficient (Wildman–Crippen LogP) is 3.06. The third kappa shape index (κ3) is 7.09. The molecule has 4 atom stereocenters. The standard InChI is InChI=1S/C21H27NO5/c1-5-6-8-13-18(23)22-19(15(3)17-11-9-7-10-12-17)21(26)27-16(4)14(2)20(24)25/h5-16,19H,1-4H3,(H,22,23)(H,24,25). The Balaban J connectivity index is 3.00. The second-order valence-corrected chi connectivity index (χ2v) is 6.34. The van der Waals surface area contributed by atoms with Crippen molar-refractivity contribution in [1.82, 2.24) is 5.32 Å². The average molecular weight is 373 g/mol. The van der Waals surface area contributed by atoms with E-state index in [0.717, 1.165) is 5.56 Å². The van der Waals surface area contributed by atoms with Gasteiger partial charge in [0.25, 0.3) is 0 Å². The molecule has 0 heterocycles. The Morgan fingerprint density at radius 3 is 2.26 bits per heavy atom. The third-order valence-corrected chi connectivity index (χ3v) is 4.32. The van der Waals surface area contributed by atoms with Crippen LogP contribution in [0, 0.1) is 5.92 Å². The highest BCUT2D eigenvalue weighted by atomic mass is 16.5. The first-order valence-electron chi connectivity index (χ1n) is 8.86. The summed E-state index contributed by atoms with van der Waals surface area (Å²) >= 11 is 0. The smallest absolute Gasteiger partial charge is 0.329 e. The zero-order valence-corrected chi connectivity index (χ0v) is 16.1. The number of allylic oxidation sites excluding steroid dienone is 3. The van der Waals surface area contributed by atoms with Gasteiger partial charge in [0.1, 0.15) is 12.1 Å². The van der Waals surface area contributed by atoms with E-state index in [1.165, 1.54) is 19.9 Å². The number of hydrogen-bond donors (Lipinski definition) is 2. The van der Waals surface area contributed by atoms with Crippen LogP contribution in [0.4, 0.5) is 0 Å². The van der Waals surface area contributed by atoms with Gasteiger partial charge in [-0.3, -0.25) is 9.59 Å². The zero-order chi connectivity index (χ0) is 20.4. The Labute approximate surface area is 159 Å². The molecule has 1 amide bonds. The van der Waals surface area contributed by atoms with Crippen molar-refractivity contribution in [3.8, 4) is 0 Å². The summed E-state index contributed by atoms with van der Waals surface area (Å²) < 4.78 is 5.33. The van der Waals surface area contributed by atoms with Gasteiger partial charge in [-0.1, -0.05) is 55.5 Å². The van der Waals surface area contributed by atoms with Crippen molar-refractivity contribution in [2.24, 2.45) is 5.92 Å². The molecule has 1 rings (SSSR count). The topological polar surface area (TPSA) is 92.7 Å². The van der Waals surface area contributed by atoms with Gasteiger partial charge >= 0.3 is 11.9 Å². The maximum Gasteiger partial charge on any atom is 0.329 e. The predicted molar refractivity (Wildman–Crippen MR) is 103 cm³/mol. The summed E-state index contributed by atoms with van der Waals surface area (Å²) in [6.45, 7) is 6.62.